The Kier molecular flexibility index (Phi) is 5.34. The molecule has 108 valence electrons. The van der Waals surface area contributed by atoms with Gasteiger partial charge >= 0.3 is 11.9 Å². The molecule has 1 unspecified atom stereocenters. The quantitative estimate of drug-likeness (QED) is 0.497. The Morgan fingerprint density at radius 1 is 1.35 bits per heavy atom. The van der Waals surface area contributed by atoms with Gasteiger partial charge in [-0.1, -0.05) is 29.3 Å². The van der Waals surface area contributed by atoms with Gasteiger partial charge in [0.1, 0.15) is 0 Å². The molecule has 0 aliphatic heterocycles. The molecule has 4 nitrogen and oxygen atoms in total. The molecule has 5 heteroatoms. The topological polar surface area (TPSA) is 63.6 Å². The highest BCUT2D eigenvalue weighted by Gasteiger charge is 2.49. The van der Waals surface area contributed by atoms with Gasteiger partial charge in [-0.3, -0.25) is 9.59 Å². The van der Waals surface area contributed by atoms with E-state index in [4.69, 9.17) is 16.3 Å². The third-order valence-corrected chi connectivity index (χ3v) is 3.14. The Hall–Kier alpha value is -1.81. The maximum atomic E-state index is 12.3. The van der Waals surface area contributed by atoms with Crippen LogP contribution in [0.5, 0.6) is 0 Å². The van der Waals surface area contributed by atoms with Crippen LogP contribution in [0, 0.1) is 0 Å². The van der Waals surface area contributed by atoms with Crippen molar-refractivity contribution in [2.75, 3.05) is 6.61 Å². The lowest BCUT2D eigenvalue weighted by atomic mass is 9.75. The lowest BCUT2D eigenvalue weighted by Gasteiger charge is -2.27. The largest absolute Gasteiger partial charge is 0.480 e. The average Bonchev–Trinajstić information content (AvgIpc) is 2.36. The van der Waals surface area contributed by atoms with Gasteiger partial charge in [0.15, 0.2) is 5.41 Å². The standard InChI is InChI=1S/C15H17ClO4/c1-4-20-14(19)15(13(17)18,9-10(2)3)11-5-7-12(16)8-6-11/h5-8H,2,4,9H2,1,3H3,(H,17,18). The third kappa shape index (κ3) is 3.20. The maximum Gasteiger partial charge on any atom is 0.328 e. The van der Waals surface area contributed by atoms with Crippen molar-refractivity contribution >= 4 is 23.5 Å². The molecule has 1 aromatic rings. The van der Waals surface area contributed by atoms with Crippen molar-refractivity contribution in [2.45, 2.75) is 25.7 Å². The number of carbonyl (C=O) groups excluding carboxylic acids is 1. The van der Waals surface area contributed by atoms with Crippen molar-refractivity contribution in [1.82, 2.24) is 0 Å². The monoisotopic (exact) mass is 296 g/mol. The molecular formula is C15H17ClO4. The molecular weight excluding hydrogens is 280 g/mol. The van der Waals surface area contributed by atoms with E-state index in [0.717, 1.165) is 0 Å². The summed E-state index contributed by atoms with van der Waals surface area (Å²) in [6.45, 7) is 7.13. The van der Waals surface area contributed by atoms with Crippen LogP contribution in [0.15, 0.2) is 36.4 Å². The Bertz CT molecular complexity index is 521. The summed E-state index contributed by atoms with van der Waals surface area (Å²) in [6.07, 6.45) is -0.0250. The van der Waals surface area contributed by atoms with Crippen LogP contribution in [-0.2, 0) is 19.7 Å². The molecule has 0 radical (unpaired) electrons. The van der Waals surface area contributed by atoms with Crippen LogP contribution in [0.25, 0.3) is 0 Å². The molecule has 0 saturated carbocycles. The molecule has 0 aromatic heterocycles. The molecule has 0 amide bonds. The second kappa shape index (κ2) is 6.57. The van der Waals surface area contributed by atoms with Crippen molar-refractivity contribution in [3.05, 3.63) is 47.0 Å². The summed E-state index contributed by atoms with van der Waals surface area (Å²) in [4.78, 5) is 24.0. The van der Waals surface area contributed by atoms with Crippen molar-refractivity contribution < 1.29 is 19.4 Å². The van der Waals surface area contributed by atoms with E-state index in [-0.39, 0.29) is 13.0 Å². The molecule has 0 aliphatic carbocycles. The lowest BCUT2D eigenvalue weighted by molar-refractivity contribution is -0.161. The summed E-state index contributed by atoms with van der Waals surface area (Å²) < 4.78 is 4.96. The minimum atomic E-state index is -1.79. The highest BCUT2D eigenvalue weighted by molar-refractivity contribution is 6.30. The number of carboxylic acid groups (broad SMARTS) is 1. The molecule has 20 heavy (non-hydrogen) atoms. The van der Waals surface area contributed by atoms with Crippen LogP contribution < -0.4 is 0 Å². The molecule has 1 rings (SSSR count). The van der Waals surface area contributed by atoms with Gasteiger partial charge in [-0.05, 0) is 38.0 Å². The average molecular weight is 297 g/mol. The Morgan fingerprint density at radius 2 is 1.90 bits per heavy atom. The number of carbonyl (C=O) groups is 2. The highest BCUT2D eigenvalue weighted by atomic mass is 35.5. The zero-order valence-electron chi connectivity index (χ0n) is 11.5. The second-order valence-corrected chi connectivity index (χ2v) is 5.01. The normalized spacial score (nSPS) is 13.3. The van der Waals surface area contributed by atoms with Crippen LogP contribution in [0.1, 0.15) is 25.8 Å². The SMILES string of the molecule is C=C(C)CC(C(=O)O)(C(=O)OCC)c1ccc(Cl)cc1. The number of halogens is 1. The predicted molar refractivity (Wildman–Crippen MR) is 76.8 cm³/mol. The molecule has 0 fully saturated rings. The molecule has 0 aliphatic rings. The van der Waals surface area contributed by atoms with Gasteiger partial charge in [-0.2, -0.15) is 0 Å². The van der Waals surface area contributed by atoms with Gasteiger partial charge in [0.25, 0.3) is 0 Å². The van der Waals surface area contributed by atoms with Crippen LogP contribution in [-0.4, -0.2) is 23.7 Å². The minimum Gasteiger partial charge on any atom is -0.480 e. The molecule has 1 N–H and O–H groups in total. The van der Waals surface area contributed by atoms with Gasteiger partial charge in [-0.15, -0.1) is 6.58 Å². The van der Waals surface area contributed by atoms with E-state index < -0.39 is 17.4 Å². The van der Waals surface area contributed by atoms with Crippen molar-refractivity contribution in [3.8, 4) is 0 Å². The van der Waals surface area contributed by atoms with Gasteiger partial charge in [0.05, 0.1) is 6.61 Å². The van der Waals surface area contributed by atoms with Gasteiger partial charge in [0, 0.05) is 5.02 Å². The smallest absolute Gasteiger partial charge is 0.328 e. The fourth-order valence-electron chi connectivity index (χ4n) is 2.02. The zero-order valence-corrected chi connectivity index (χ0v) is 12.2. The summed E-state index contributed by atoms with van der Waals surface area (Å²) in [7, 11) is 0. The number of hydrogen-bond donors (Lipinski definition) is 1. The number of benzene rings is 1. The number of ether oxygens (including phenoxy) is 1. The Morgan fingerprint density at radius 3 is 2.30 bits per heavy atom. The summed E-state index contributed by atoms with van der Waals surface area (Å²) in [5.41, 5.74) is -0.877. The number of rotatable bonds is 6. The summed E-state index contributed by atoms with van der Waals surface area (Å²) in [5, 5.41) is 10.1. The molecule has 1 atom stereocenters. The predicted octanol–water partition coefficient (Wildman–Crippen LogP) is 3.19. The van der Waals surface area contributed by atoms with E-state index in [1.807, 2.05) is 0 Å². The van der Waals surface area contributed by atoms with E-state index >= 15 is 0 Å². The van der Waals surface area contributed by atoms with Crippen LogP contribution in [0.2, 0.25) is 5.02 Å². The van der Waals surface area contributed by atoms with Crippen LogP contribution in [0.4, 0.5) is 0 Å². The fourth-order valence-corrected chi connectivity index (χ4v) is 2.15. The first kappa shape index (κ1) is 16.2. The van der Waals surface area contributed by atoms with Crippen LogP contribution in [0.3, 0.4) is 0 Å². The lowest BCUT2D eigenvalue weighted by Crippen LogP contribution is -2.45. The first-order chi connectivity index (χ1) is 9.34. The Balaban J connectivity index is 3.43. The maximum absolute atomic E-state index is 12.3. The van der Waals surface area contributed by atoms with Gasteiger partial charge in [0.2, 0.25) is 0 Å². The van der Waals surface area contributed by atoms with E-state index in [1.165, 1.54) is 12.1 Å². The molecule has 1 aromatic carbocycles. The summed E-state index contributed by atoms with van der Waals surface area (Å²) in [6, 6.07) is 6.14. The Labute approximate surface area is 123 Å². The minimum absolute atomic E-state index is 0.0250. The molecule has 0 spiro atoms. The van der Waals surface area contributed by atoms with Crippen molar-refractivity contribution in [3.63, 3.8) is 0 Å². The van der Waals surface area contributed by atoms with Crippen LogP contribution >= 0.6 is 11.6 Å². The second-order valence-electron chi connectivity index (χ2n) is 4.57. The molecule has 0 saturated heterocycles. The first-order valence-electron chi connectivity index (χ1n) is 6.15. The van der Waals surface area contributed by atoms with Gasteiger partial charge in [-0.25, -0.2) is 0 Å². The van der Waals surface area contributed by atoms with E-state index in [2.05, 4.69) is 6.58 Å². The number of allylic oxidation sites excluding steroid dienone is 1. The summed E-state index contributed by atoms with van der Waals surface area (Å²) >= 11 is 5.81. The first-order valence-corrected chi connectivity index (χ1v) is 6.53. The summed E-state index contributed by atoms with van der Waals surface area (Å²) in [5.74, 6) is -2.06. The molecule has 0 heterocycles. The highest BCUT2D eigenvalue weighted by Crippen LogP contribution is 2.33. The van der Waals surface area contributed by atoms with Crippen molar-refractivity contribution in [2.24, 2.45) is 0 Å². The van der Waals surface area contributed by atoms with E-state index in [1.54, 1.807) is 26.0 Å². The number of hydrogen-bond acceptors (Lipinski definition) is 3. The number of esters is 1. The third-order valence-electron chi connectivity index (χ3n) is 2.89. The molecule has 0 bridgehead atoms. The number of carboxylic acids is 1. The fraction of sp³-hybridized carbons (Fsp3) is 0.333. The zero-order chi connectivity index (χ0) is 15.3. The van der Waals surface area contributed by atoms with E-state index in [9.17, 15) is 14.7 Å². The van der Waals surface area contributed by atoms with E-state index in [0.29, 0.717) is 16.2 Å². The van der Waals surface area contributed by atoms with Gasteiger partial charge < -0.3 is 9.84 Å². The number of aliphatic carboxylic acids is 1. The van der Waals surface area contributed by atoms with Crippen molar-refractivity contribution in [1.29, 1.82) is 0 Å².